The first-order valence-corrected chi connectivity index (χ1v) is 7.56. The van der Waals surface area contributed by atoms with E-state index >= 15 is 0 Å². The van der Waals surface area contributed by atoms with Gasteiger partial charge in [0.15, 0.2) is 0 Å². The Bertz CT molecular complexity index is 807. The zero-order valence-corrected chi connectivity index (χ0v) is 12.4. The van der Waals surface area contributed by atoms with Crippen molar-refractivity contribution < 1.29 is 9.90 Å². The van der Waals surface area contributed by atoms with Crippen LogP contribution in [0.2, 0.25) is 0 Å². The van der Waals surface area contributed by atoms with Gasteiger partial charge in [-0.05, 0) is 29.6 Å². The van der Waals surface area contributed by atoms with E-state index in [1.54, 1.807) is 6.07 Å². The third kappa shape index (κ3) is 2.44. The molecule has 0 aliphatic carbocycles. The van der Waals surface area contributed by atoms with Crippen molar-refractivity contribution in [2.45, 2.75) is 6.54 Å². The van der Waals surface area contributed by atoms with Crippen molar-refractivity contribution in [1.82, 2.24) is 5.32 Å². The van der Waals surface area contributed by atoms with Gasteiger partial charge in [-0.3, -0.25) is 0 Å². The number of fused-ring (bicyclic) bond motifs is 1. The van der Waals surface area contributed by atoms with Gasteiger partial charge in [0.1, 0.15) is 0 Å². The van der Waals surface area contributed by atoms with Crippen LogP contribution in [0, 0.1) is 0 Å². The lowest BCUT2D eigenvalue weighted by molar-refractivity contribution is 0.0699. The van der Waals surface area contributed by atoms with Crippen molar-refractivity contribution in [2.75, 3.05) is 7.05 Å². The van der Waals surface area contributed by atoms with E-state index in [-0.39, 0.29) is 0 Å². The van der Waals surface area contributed by atoms with Crippen LogP contribution in [-0.4, -0.2) is 18.1 Å². The quantitative estimate of drug-likeness (QED) is 0.765. The van der Waals surface area contributed by atoms with Crippen molar-refractivity contribution in [1.29, 1.82) is 0 Å². The van der Waals surface area contributed by atoms with E-state index in [0.29, 0.717) is 5.56 Å². The molecule has 0 saturated carbocycles. The molecule has 3 rings (SSSR count). The number of hydrogen-bond acceptors (Lipinski definition) is 3. The summed E-state index contributed by atoms with van der Waals surface area (Å²) >= 11 is 1.49. The lowest BCUT2D eigenvalue weighted by atomic mass is 9.98. The molecule has 0 bridgehead atoms. The summed E-state index contributed by atoms with van der Waals surface area (Å²) in [4.78, 5) is 11.3. The van der Waals surface area contributed by atoms with Crippen LogP contribution >= 0.6 is 11.3 Å². The summed E-state index contributed by atoms with van der Waals surface area (Å²) in [6.07, 6.45) is 0. The normalized spacial score (nSPS) is 10.9. The molecule has 1 heterocycles. The molecule has 0 atom stereocenters. The van der Waals surface area contributed by atoms with Crippen LogP contribution in [0.25, 0.3) is 21.2 Å². The molecule has 0 fully saturated rings. The van der Waals surface area contributed by atoms with Crippen molar-refractivity contribution in [2.24, 2.45) is 0 Å². The minimum atomic E-state index is -0.877. The SMILES string of the molecule is CNCc1ccccc1-c1csc2c(C(=O)O)cccc12. The molecule has 0 unspecified atom stereocenters. The molecule has 0 spiro atoms. The van der Waals surface area contributed by atoms with E-state index in [4.69, 9.17) is 0 Å². The number of carboxylic acids is 1. The van der Waals surface area contributed by atoms with Crippen LogP contribution in [-0.2, 0) is 6.54 Å². The van der Waals surface area contributed by atoms with Gasteiger partial charge in [0.05, 0.1) is 5.56 Å². The van der Waals surface area contributed by atoms with Gasteiger partial charge < -0.3 is 10.4 Å². The predicted octanol–water partition coefficient (Wildman–Crippen LogP) is 3.99. The maximum atomic E-state index is 11.3. The Morgan fingerprint density at radius 1 is 1.14 bits per heavy atom. The largest absolute Gasteiger partial charge is 0.478 e. The molecule has 3 nitrogen and oxygen atoms in total. The Morgan fingerprint density at radius 3 is 2.71 bits per heavy atom. The average Bonchev–Trinajstić information content (AvgIpc) is 2.91. The summed E-state index contributed by atoms with van der Waals surface area (Å²) in [5, 5.41) is 15.5. The molecule has 3 aromatic rings. The maximum Gasteiger partial charge on any atom is 0.337 e. The second-order valence-electron chi connectivity index (χ2n) is 4.82. The molecular weight excluding hydrogens is 282 g/mol. The third-order valence-corrected chi connectivity index (χ3v) is 4.53. The molecular formula is C17H15NO2S. The Morgan fingerprint density at radius 2 is 1.95 bits per heavy atom. The number of nitrogens with one attached hydrogen (secondary N) is 1. The maximum absolute atomic E-state index is 11.3. The molecule has 2 N–H and O–H groups in total. The Hall–Kier alpha value is -2.17. The number of aromatic carboxylic acids is 1. The van der Waals surface area contributed by atoms with Crippen LogP contribution in [0.15, 0.2) is 47.8 Å². The second kappa shape index (κ2) is 5.68. The monoisotopic (exact) mass is 297 g/mol. The second-order valence-corrected chi connectivity index (χ2v) is 5.70. The number of rotatable bonds is 4. The molecule has 0 saturated heterocycles. The van der Waals surface area contributed by atoms with Crippen molar-refractivity contribution >= 4 is 27.4 Å². The predicted molar refractivity (Wildman–Crippen MR) is 87.0 cm³/mol. The van der Waals surface area contributed by atoms with E-state index in [2.05, 4.69) is 17.4 Å². The van der Waals surface area contributed by atoms with Gasteiger partial charge in [0.2, 0.25) is 0 Å². The third-order valence-electron chi connectivity index (χ3n) is 3.51. The smallest absolute Gasteiger partial charge is 0.337 e. The summed E-state index contributed by atoms with van der Waals surface area (Å²) in [6, 6.07) is 13.7. The summed E-state index contributed by atoms with van der Waals surface area (Å²) in [7, 11) is 1.92. The van der Waals surface area contributed by atoms with Gasteiger partial charge in [0, 0.05) is 22.2 Å². The number of carboxylic acid groups (broad SMARTS) is 1. The summed E-state index contributed by atoms with van der Waals surface area (Å²) < 4.78 is 0.833. The summed E-state index contributed by atoms with van der Waals surface area (Å²) in [5.41, 5.74) is 3.83. The summed E-state index contributed by atoms with van der Waals surface area (Å²) in [5.74, 6) is -0.877. The zero-order chi connectivity index (χ0) is 14.8. The fourth-order valence-electron chi connectivity index (χ4n) is 2.56. The van der Waals surface area contributed by atoms with E-state index in [1.807, 2.05) is 36.7 Å². The lowest BCUT2D eigenvalue weighted by Gasteiger charge is -2.08. The molecule has 0 aliphatic heterocycles. The van der Waals surface area contributed by atoms with Gasteiger partial charge in [0.25, 0.3) is 0 Å². The van der Waals surface area contributed by atoms with Crippen molar-refractivity contribution in [3.63, 3.8) is 0 Å². The molecule has 1 aromatic heterocycles. The van der Waals surface area contributed by atoms with Crippen LogP contribution in [0.4, 0.5) is 0 Å². The van der Waals surface area contributed by atoms with Gasteiger partial charge >= 0.3 is 5.97 Å². The van der Waals surface area contributed by atoms with Gasteiger partial charge in [-0.2, -0.15) is 0 Å². The fraction of sp³-hybridized carbons (Fsp3) is 0.118. The van der Waals surface area contributed by atoms with E-state index in [9.17, 15) is 9.90 Å². The number of thiophene rings is 1. The first-order chi connectivity index (χ1) is 10.2. The highest BCUT2D eigenvalue weighted by atomic mass is 32.1. The first-order valence-electron chi connectivity index (χ1n) is 6.68. The molecule has 106 valence electrons. The van der Waals surface area contributed by atoms with Crippen molar-refractivity contribution in [3.05, 3.63) is 59.0 Å². The average molecular weight is 297 g/mol. The number of hydrogen-bond donors (Lipinski definition) is 2. The van der Waals surface area contributed by atoms with Gasteiger partial charge in [-0.1, -0.05) is 36.4 Å². The standard InChI is InChI=1S/C17H15NO2S/c1-18-9-11-5-2-3-6-12(11)15-10-21-16-13(15)7-4-8-14(16)17(19)20/h2-8,10,18H,9H2,1H3,(H,19,20). The molecule has 2 aromatic carbocycles. The Balaban J connectivity index is 2.23. The molecule has 4 heteroatoms. The lowest BCUT2D eigenvalue weighted by Crippen LogP contribution is -2.06. The van der Waals surface area contributed by atoms with Crippen LogP contribution < -0.4 is 5.32 Å². The first kappa shape index (κ1) is 13.8. The van der Waals surface area contributed by atoms with Crippen LogP contribution in [0.5, 0.6) is 0 Å². The number of benzene rings is 2. The van der Waals surface area contributed by atoms with Crippen LogP contribution in [0.3, 0.4) is 0 Å². The van der Waals surface area contributed by atoms with Gasteiger partial charge in [-0.15, -0.1) is 11.3 Å². The van der Waals surface area contributed by atoms with E-state index < -0.39 is 5.97 Å². The molecule has 0 radical (unpaired) electrons. The van der Waals surface area contributed by atoms with E-state index in [1.165, 1.54) is 16.9 Å². The van der Waals surface area contributed by atoms with Crippen molar-refractivity contribution in [3.8, 4) is 11.1 Å². The number of carbonyl (C=O) groups is 1. The molecule has 21 heavy (non-hydrogen) atoms. The fourth-order valence-corrected chi connectivity index (χ4v) is 3.64. The highest BCUT2D eigenvalue weighted by Crippen LogP contribution is 2.37. The zero-order valence-electron chi connectivity index (χ0n) is 11.6. The molecule has 0 amide bonds. The van der Waals surface area contributed by atoms with Gasteiger partial charge in [-0.25, -0.2) is 4.79 Å². The highest BCUT2D eigenvalue weighted by Gasteiger charge is 2.14. The highest BCUT2D eigenvalue weighted by molar-refractivity contribution is 7.18. The summed E-state index contributed by atoms with van der Waals surface area (Å²) in [6.45, 7) is 0.784. The molecule has 0 aliphatic rings. The van der Waals surface area contributed by atoms with Crippen LogP contribution in [0.1, 0.15) is 15.9 Å². The minimum Gasteiger partial charge on any atom is -0.478 e. The Kier molecular flexibility index (Phi) is 3.73. The topological polar surface area (TPSA) is 49.3 Å². The Labute approximate surface area is 126 Å². The minimum absolute atomic E-state index is 0.370. The van der Waals surface area contributed by atoms with E-state index in [0.717, 1.165) is 27.8 Å².